The lowest BCUT2D eigenvalue weighted by molar-refractivity contribution is 0.0714. The maximum atomic E-state index is 13.3. The molecule has 0 aliphatic carbocycles. The molecular formula is C26H20FN3O4. The fourth-order valence-electron chi connectivity index (χ4n) is 3.74. The standard InChI is InChI=1S/C26H20FN3O4/c1-26(32,18-5-3-2-4-6-18)24-29-30-25(34-24)28-15-16-7-12-20-21(14-23(31)33-22(20)13-16)17-8-10-19(27)11-9-17/h2-14,32H,15H2,1H3,(H,28,30). The van der Waals surface area contributed by atoms with E-state index >= 15 is 0 Å². The largest absolute Gasteiger partial charge is 0.423 e. The molecule has 0 radical (unpaired) electrons. The second kappa shape index (κ2) is 8.57. The van der Waals surface area contributed by atoms with Crippen LogP contribution < -0.4 is 10.9 Å². The number of aliphatic hydroxyl groups is 1. The number of rotatable bonds is 6. The molecule has 8 heteroatoms. The Morgan fingerprint density at radius 2 is 1.74 bits per heavy atom. The van der Waals surface area contributed by atoms with Crippen molar-refractivity contribution in [3.8, 4) is 11.1 Å². The number of aromatic nitrogens is 2. The van der Waals surface area contributed by atoms with Crippen molar-refractivity contribution in [1.82, 2.24) is 10.2 Å². The number of nitrogens with one attached hydrogen (secondary N) is 1. The molecule has 0 fully saturated rings. The third kappa shape index (κ3) is 4.18. The lowest BCUT2D eigenvalue weighted by atomic mass is 9.96. The summed E-state index contributed by atoms with van der Waals surface area (Å²) in [7, 11) is 0. The highest BCUT2D eigenvalue weighted by atomic mass is 19.1. The first kappa shape index (κ1) is 21.5. The topological polar surface area (TPSA) is 101 Å². The molecule has 2 heterocycles. The lowest BCUT2D eigenvalue weighted by Crippen LogP contribution is -2.23. The van der Waals surface area contributed by atoms with Gasteiger partial charge in [-0.2, -0.15) is 0 Å². The molecule has 3 aromatic carbocycles. The molecule has 7 nitrogen and oxygen atoms in total. The SMILES string of the molecule is CC(O)(c1ccccc1)c1nnc(NCc2ccc3c(-c4ccc(F)cc4)cc(=O)oc3c2)o1. The highest BCUT2D eigenvalue weighted by molar-refractivity contribution is 5.93. The molecule has 5 rings (SSSR count). The highest BCUT2D eigenvalue weighted by Crippen LogP contribution is 2.30. The number of benzene rings is 3. The zero-order chi connectivity index (χ0) is 23.7. The Kier molecular flexibility index (Phi) is 5.43. The molecule has 34 heavy (non-hydrogen) atoms. The summed E-state index contributed by atoms with van der Waals surface area (Å²) in [5, 5.41) is 22.5. The molecule has 0 bridgehead atoms. The van der Waals surface area contributed by atoms with Gasteiger partial charge in [0.25, 0.3) is 5.89 Å². The Labute approximate surface area is 193 Å². The molecule has 0 aliphatic rings. The molecule has 0 aliphatic heterocycles. The number of halogens is 1. The Hall–Kier alpha value is -4.30. The summed E-state index contributed by atoms with van der Waals surface area (Å²) >= 11 is 0. The molecule has 1 unspecified atom stereocenters. The molecule has 2 N–H and O–H groups in total. The van der Waals surface area contributed by atoms with Gasteiger partial charge in [-0.1, -0.05) is 59.7 Å². The Morgan fingerprint density at radius 1 is 0.971 bits per heavy atom. The van der Waals surface area contributed by atoms with Crippen molar-refractivity contribution in [1.29, 1.82) is 0 Å². The molecular weight excluding hydrogens is 437 g/mol. The minimum atomic E-state index is -1.43. The number of hydrogen-bond donors (Lipinski definition) is 2. The second-order valence-corrected chi connectivity index (χ2v) is 8.02. The van der Waals surface area contributed by atoms with Gasteiger partial charge in [-0.05, 0) is 47.4 Å². The van der Waals surface area contributed by atoms with E-state index < -0.39 is 11.2 Å². The summed E-state index contributed by atoms with van der Waals surface area (Å²) < 4.78 is 24.3. The highest BCUT2D eigenvalue weighted by Gasteiger charge is 2.32. The predicted molar refractivity (Wildman–Crippen MR) is 125 cm³/mol. The Bertz CT molecular complexity index is 1510. The van der Waals surface area contributed by atoms with E-state index in [0.29, 0.717) is 28.8 Å². The zero-order valence-electron chi connectivity index (χ0n) is 18.2. The summed E-state index contributed by atoms with van der Waals surface area (Å²) in [6.45, 7) is 1.90. The average Bonchev–Trinajstić information content (AvgIpc) is 3.33. The smallest absolute Gasteiger partial charge is 0.336 e. The maximum Gasteiger partial charge on any atom is 0.336 e. The molecule has 0 saturated heterocycles. The van der Waals surface area contributed by atoms with Gasteiger partial charge < -0.3 is 19.3 Å². The molecule has 0 spiro atoms. The Balaban J connectivity index is 1.37. The third-order valence-corrected chi connectivity index (χ3v) is 5.59. The average molecular weight is 457 g/mol. The lowest BCUT2D eigenvalue weighted by Gasteiger charge is -2.18. The van der Waals surface area contributed by atoms with Crippen LogP contribution in [0.2, 0.25) is 0 Å². The first-order valence-electron chi connectivity index (χ1n) is 10.6. The van der Waals surface area contributed by atoms with Crippen LogP contribution in [0.3, 0.4) is 0 Å². The van der Waals surface area contributed by atoms with Crippen molar-refractivity contribution in [2.75, 3.05) is 5.32 Å². The van der Waals surface area contributed by atoms with Crippen LogP contribution in [0.25, 0.3) is 22.1 Å². The van der Waals surface area contributed by atoms with Gasteiger partial charge in [0.2, 0.25) is 0 Å². The normalized spacial score (nSPS) is 13.0. The first-order valence-corrected chi connectivity index (χ1v) is 10.6. The van der Waals surface area contributed by atoms with Crippen molar-refractivity contribution < 1.29 is 18.3 Å². The van der Waals surface area contributed by atoms with Crippen LogP contribution >= 0.6 is 0 Å². The van der Waals surface area contributed by atoms with Gasteiger partial charge in [0.15, 0.2) is 5.60 Å². The van der Waals surface area contributed by atoms with Gasteiger partial charge >= 0.3 is 11.6 Å². The van der Waals surface area contributed by atoms with Crippen molar-refractivity contribution >= 4 is 17.0 Å². The van der Waals surface area contributed by atoms with Gasteiger partial charge in [0.1, 0.15) is 11.4 Å². The van der Waals surface area contributed by atoms with Gasteiger partial charge in [-0.3, -0.25) is 0 Å². The minimum absolute atomic E-state index is 0.0645. The van der Waals surface area contributed by atoms with E-state index in [0.717, 1.165) is 10.9 Å². The quantitative estimate of drug-likeness (QED) is 0.352. The van der Waals surface area contributed by atoms with E-state index in [9.17, 15) is 14.3 Å². The van der Waals surface area contributed by atoms with Crippen LogP contribution in [0.1, 0.15) is 23.9 Å². The van der Waals surface area contributed by atoms with E-state index in [2.05, 4.69) is 15.5 Å². The van der Waals surface area contributed by atoms with Crippen molar-refractivity contribution in [3.05, 3.63) is 112 Å². The summed E-state index contributed by atoms with van der Waals surface area (Å²) in [6.07, 6.45) is 0. The van der Waals surface area contributed by atoms with E-state index in [1.54, 1.807) is 37.3 Å². The maximum absolute atomic E-state index is 13.3. The van der Waals surface area contributed by atoms with Crippen LogP contribution in [-0.2, 0) is 12.1 Å². The van der Waals surface area contributed by atoms with Gasteiger partial charge in [0, 0.05) is 18.0 Å². The summed E-state index contributed by atoms with van der Waals surface area (Å²) in [6, 6.07) is 22.0. The van der Waals surface area contributed by atoms with Gasteiger partial charge in [-0.25, -0.2) is 9.18 Å². The van der Waals surface area contributed by atoms with Gasteiger partial charge in [0.05, 0.1) is 0 Å². The van der Waals surface area contributed by atoms with Crippen LogP contribution in [-0.4, -0.2) is 15.3 Å². The van der Waals surface area contributed by atoms with Crippen molar-refractivity contribution in [2.24, 2.45) is 0 Å². The van der Waals surface area contributed by atoms with Gasteiger partial charge in [-0.15, -0.1) is 5.10 Å². The molecule has 0 amide bonds. The molecule has 2 aromatic heterocycles. The number of hydrogen-bond acceptors (Lipinski definition) is 7. The fraction of sp³-hybridized carbons (Fsp3) is 0.115. The number of nitrogens with zero attached hydrogens (tertiary/aromatic N) is 2. The van der Waals surface area contributed by atoms with E-state index in [4.69, 9.17) is 8.83 Å². The van der Waals surface area contributed by atoms with Crippen LogP contribution in [0.5, 0.6) is 0 Å². The molecule has 170 valence electrons. The first-order chi connectivity index (χ1) is 16.4. The summed E-state index contributed by atoms with van der Waals surface area (Å²) in [5.74, 6) is -0.284. The summed E-state index contributed by atoms with van der Waals surface area (Å²) in [4.78, 5) is 12.1. The number of anilines is 1. The fourth-order valence-corrected chi connectivity index (χ4v) is 3.74. The zero-order valence-corrected chi connectivity index (χ0v) is 18.2. The molecule has 5 aromatic rings. The Morgan fingerprint density at radius 3 is 2.50 bits per heavy atom. The van der Waals surface area contributed by atoms with E-state index in [1.807, 2.05) is 30.3 Å². The monoisotopic (exact) mass is 457 g/mol. The van der Waals surface area contributed by atoms with E-state index in [1.165, 1.54) is 18.2 Å². The molecule has 0 saturated carbocycles. The minimum Gasteiger partial charge on any atom is -0.423 e. The van der Waals surface area contributed by atoms with Crippen LogP contribution in [0.4, 0.5) is 10.4 Å². The summed E-state index contributed by atoms with van der Waals surface area (Å²) in [5.41, 5.74) is 1.29. The van der Waals surface area contributed by atoms with Crippen LogP contribution in [0, 0.1) is 5.82 Å². The van der Waals surface area contributed by atoms with Crippen molar-refractivity contribution in [3.63, 3.8) is 0 Å². The van der Waals surface area contributed by atoms with Crippen LogP contribution in [0.15, 0.2) is 92.5 Å². The third-order valence-electron chi connectivity index (χ3n) is 5.59. The predicted octanol–water partition coefficient (Wildman–Crippen LogP) is 4.85. The van der Waals surface area contributed by atoms with Crippen molar-refractivity contribution in [2.45, 2.75) is 19.1 Å². The second-order valence-electron chi connectivity index (χ2n) is 8.02. The molecule has 1 atom stereocenters. The number of fused-ring (bicyclic) bond motifs is 1. The van der Waals surface area contributed by atoms with E-state index in [-0.39, 0.29) is 17.7 Å².